The predicted octanol–water partition coefficient (Wildman–Crippen LogP) is 0.386. The highest BCUT2D eigenvalue weighted by atomic mass is 19.4. The Morgan fingerprint density at radius 1 is 1.56 bits per heavy atom. The second-order valence-corrected chi connectivity index (χ2v) is 3.71. The zero-order valence-corrected chi connectivity index (χ0v) is 9.01. The molecule has 1 amide bonds. The van der Waals surface area contributed by atoms with Gasteiger partial charge in [-0.2, -0.15) is 13.2 Å². The number of carbonyl (C=O) groups is 1. The second-order valence-electron chi connectivity index (χ2n) is 3.71. The van der Waals surface area contributed by atoms with Crippen LogP contribution < -0.4 is 5.32 Å². The molecule has 0 radical (unpaired) electrons. The maximum atomic E-state index is 11.9. The molecule has 7 heteroatoms. The number of halogens is 3. The molecule has 1 fully saturated rings. The summed E-state index contributed by atoms with van der Waals surface area (Å²) < 4.78 is 40.9. The van der Waals surface area contributed by atoms with E-state index in [0.29, 0.717) is 13.2 Å². The number of likely N-dealkylation sites (N-methyl/N-ethyl adjacent to an activating group) is 1. The molecule has 0 bridgehead atoms. The molecule has 0 saturated carbocycles. The van der Waals surface area contributed by atoms with Gasteiger partial charge in [-0.3, -0.25) is 4.79 Å². The number of morpholine rings is 1. The molecule has 0 aromatic rings. The quantitative estimate of drug-likeness (QED) is 0.775. The van der Waals surface area contributed by atoms with Gasteiger partial charge in [-0.15, -0.1) is 0 Å². The molecular weight excluding hydrogens is 225 g/mol. The molecule has 0 aromatic carbocycles. The molecule has 94 valence electrons. The van der Waals surface area contributed by atoms with Crippen molar-refractivity contribution in [3.8, 4) is 0 Å². The minimum Gasteiger partial charge on any atom is -0.378 e. The van der Waals surface area contributed by atoms with Crippen LogP contribution in [0.3, 0.4) is 0 Å². The highest BCUT2D eigenvalue weighted by Crippen LogP contribution is 2.19. The first kappa shape index (κ1) is 13.2. The van der Waals surface area contributed by atoms with Gasteiger partial charge in [0.25, 0.3) is 0 Å². The Morgan fingerprint density at radius 2 is 2.25 bits per heavy atom. The first-order chi connectivity index (χ1) is 7.40. The van der Waals surface area contributed by atoms with E-state index in [1.807, 2.05) is 0 Å². The summed E-state index contributed by atoms with van der Waals surface area (Å²) >= 11 is 0. The third-order valence-corrected chi connectivity index (χ3v) is 2.33. The lowest BCUT2D eigenvalue weighted by molar-refractivity contribution is -0.146. The van der Waals surface area contributed by atoms with Gasteiger partial charge >= 0.3 is 6.18 Å². The van der Waals surface area contributed by atoms with Gasteiger partial charge < -0.3 is 15.0 Å². The molecule has 16 heavy (non-hydrogen) atoms. The molecule has 1 N–H and O–H groups in total. The molecule has 1 atom stereocenters. The third-order valence-electron chi connectivity index (χ3n) is 2.33. The van der Waals surface area contributed by atoms with Gasteiger partial charge in [0.05, 0.1) is 19.6 Å². The van der Waals surface area contributed by atoms with Crippen LogP contribution in [0.25, 0.3) is 0 Å². The van der Waals surface area contributed by atoms with Gasteiger partial charge in [-0.1, -0.05) is 0 Å². The summed E-state index contributed by atoms with van der Waals surface area (Å²) in [7, 11) is 1.37. The molecule has 1 aliphatic rings. The van der Waals surface area contributed by atoms with Gasteiger partial charge in [0.1, 0.15) is 6.04 Å². The molecule has 0 aromatic heterocycles. The Bertz CT molecular complexity index is 239. The van der Waals surface area contributed by atoms with Crippen LogP contribution in [0.5, 0.6) is 0 Å². The van der Waals surface area contributed by atoms with E-state index in [2.05, 4.69) is 5.32 Å². The first-order valence-corrected chi connectivity index (χ1v) is 5.03. The number of amides is 1. The molecule has 4 nitrogen and oxygen atoms in total. The van der Waals surface area contributed by atoms with Gasteiger partial charge in [-0.25, -0.2) is 0 Å². The van der Waals surface area contributed by atoms with Crippen molar-refractivity contribution in [1.29, 1.82) is 0 Å². The maximum absolute atomic E-state index is 11.9. The smallest absolute Gasteiger partial charge is 0.378 e. The lowest BCUT2D eigenvalue weighted by Crippen LogP contribution is -2.52. The Balaban J connectivity index is 2.34. The monoisotopic (exact) mass is 240 g/mol. The molecule has 0 aliphatic carbocycles. The minimum atomic E-state index is -4.23. The summed E-state index contributed by atoms with van der Waals surface area (Å²) in [6.07, 6.45) is -5.21. The van der Waals surface area contributed by atoms with Gasteiger partial charge in [0.2, 0.25) is 5.91 Å². The third kappa shape index (κ3) is 4.36. The standard InChI is InChI=1S/C9H15F3N2O2/c1-14(4-2-9(10,11)12)8(15)7-6-16-5-3-13-7/h7,13H,2-6H2,1H3. The van der Waals surface area contributed by atoms with Crippen LogP contribution in [0.15, 0.2) is 0 Å². The van der Waals surface area contributed by atoms with Crippen LogP contribution in [0.4, 0.5) is 13.2 Å². The topological polar surface area (TPSA) is 41.6 Å². The van der Waals surface area contributed by atoms with Crippen LogP contribution >= 0.6 is 0 Å². The number of nitrogens with one attached hydrogen (secondary N) is 1. The average Bonchev–Trinajstić information content (AvgIpc) is 2.25. The maximum Gasteiger partial charge on any atom is 0.390 e. The lowest BCUT2D eigenvalue weighted by Gasteiger charge is -2.27. The summed E-state index contributed by atoms with van der Waals surface area (Å²) in [4.78, 5) is 12.7. The van der Waals surface area contributed by atoms with Crippen LogP contribution in [0.1, 0.15) is 6.42 Å². The molecule has 1 unspecified atom stereocenters. The average molecular weight is 240 g/mol. The van der Waals surface area contributed by atoms with Crippen LogP contribution in [-0.2, 0) is 9.53 Å². The normalized spacial score (nSPS) is 21.9. The summed E-state index contributed by atoms with van der Waals surface area (Å²) in [6.45, 7) is 0.968. The Labute approximate surface area is 91.7 Å². The van der Waals surface area contributed by atoms with Gasteiger partial charge in [0.15, 0.2) is 0 Å². The van der Waals surface area contributed by atoms with Gasteiger partial charge in [0, 0.05) is 20.1 Å². The molecular formula is C9H15F3N2O2. The first-order valence-electron chi connectivity index (χ1n) is 5.03. The summed E-state index contributed by atoms with van der Waals surface area (Å²) in [5.74, 6) is -0.357. The van der Waals surface area contributed by atoms with Crippen molar-refractivity contribution in [2.75, 3.05) is 33.4 Å². The van der Waals surface area contributed by atoms with E-state index in [-0.39, 0.29) is 19.1 Å². The number of hydrogen-bond acceptors (Lipinski definition) is 3. The van der Waals surface area contributed by atoms with Crippen molar-refractivity contribution in [3.63, 3.8) is 0 Å². The van der Waals surface area contributed by atoms with E-state index in [9.17, 15) is 18.0 Å². The summed E-state index contributed by atoms with van der Waals surface area (Å²) in [6, 6.07) is -0.521. The highest BCUT2D eigenvalue weighted by Gasteiger charge is 2.30. The number of hydrogen-bond donors (Lipinski definition) is 1. The van der Waals surface area contributed by atoms with Gasteiger partial charge in [-0.05, 0) is 0 Å². The zero-order valence-electron chi connectivity index (χ0n) is 9.01. The van der Waals surface area contributed by atoms with Crippen LogP contribution in [0, 0.1) is 0 Å². The van der Waals surface area contributed by atoms with Crippen molar-refractivity contribution in [3.05, 3.63) is 0 Å². The van der Waals surface area contributed by atoms with Crippen molar-refractivity contribution in [2.24, 2.45) is 0 Å². The Hall–Kier alpha value is -0.820. The molecule has 1 saturated heterocycles. The SMILES string of the molecule is CN(CCC(F)(F)F)C(=O)C1COCCN1. The zero-order chi connectivity index (χ0) is 12.2. The Kier molecular flexibility index (Phi) is 4.55. The Morgan fingerprint density at radius 3 is 2.75 bits per heavy atom. The molecule has 0 spiro atoms. The molecule has 1 rings (SSSR count). The van der Waals surface area contributed by atoms with E-state index in [1.54, 1.807) is 0 Å². The summed E-state index contributed by atoms with van der Waals surface area (Å²) in [5.41, 5.74) is 0. The van der Waals surface area contributed by atoms with Crippen molar-refractivity contribution in [1.82, 2.24) is 10.2 Å². The van der Waals surface area contributed by atoms with E-state index < -0.39 is 18.6 Å². The van der Waals surface area contributed by atoms with Crippen molar-refractivity contribution >= 4 is 5.91 Å². The number of ether oxygens (including phenoxy) is 1. The van der Waals surface area contributed by atoms with Crippen molar-refractivity contribution < 1.29 is 22.7 Å². The van der Waals surface area contributed by atoms with Crippen molar-refractivity contribution in [2.45, 2.75) is 18.6 Å². The number of alkyl halides is 3. The number of carbonyl (C=O) groups excluding carboxylic acids is 1. The highest BCUT2D eigenvalue weighted by molar-refractivity contribution is 5.81. The number of rotatable bonds is 3. The number of nitrogens with zero attached hydrogens (tertiary/aromatic N) is 1. The van der Waals surface area contributed by atoms with E-state index in [4.69, 9.17) is 4.74 Å². The van der Waals surface area contributed by atoms with E-state index >= 15 is 0 Å². The molecule has 1 aliphatic heterocycles. The summed E-state index contributed by atoms with van der Waals surface area (Å²) in [5, 5.41) is 2.90. The molecule has 1 heterocycles. The van der Waals surface area contributed by atoms with E-state index in [0.717, 1.165) is 4.90 Å². The largest absolute Gasteiger partial charge is 0.390 e. The fourth-order valence-electron chi connectivity index (χ4n) is 1.39. The second kappa shape index (κ2) is 5.49. The van der Waals surface area contributed by atoms with Crippen LogP contribution in [-0.4, -0.2) is 56.4 Å². The van der Waals surface area contributed by atoms with E-state index in [1.165, 1.54) is 7.05 Å². The lowest BCUT2D eigenvalue weighted by atomic mass is 10.2. The minimum absolute atomic E-state index is 0.217. The predicted molar refractivity (Wildman–Crippen MR) is 50.9 cm³/mol. The fourth-order valence-corrected chi connectivity index (χ4v) is 1.39. The fraction of sp³-hybridized carbons (Fsp3) is 0.889. The van der Waals surface area contributed by atoms with Crippen LogP contribution in [0.2, 0.25) is 0 Å².